The highest BCUT2D eigenvalue weighted by Gasteiger charge is 2.13. The Kier molecular flexibility index (Phi) is 4.57. The van der Waals surface area contributed by atoms with Gasteiger partial charge < -0.3 is 10.5 Å². The van der Waals surface area contributed by atoms with Crippen LogP contribution in [0.2, 0.25) is 0 Å². The molecule has 1 rings (SSSR count). The first-order chi connectivity index (χ1) is 6.68. The van der Waals surface area contributed by atoms with Crippen LogP contribution >= 0.6 is 12.2 Å². The minimum Gasteiger partial charge on any atom is -0.379 e. The number of rotatable bonds is 2. The van der Waals surface area contributed by atoms with Crippen molar-refractivity contribution in [3.8, 4) is 0 Å². The Hall–Kier alpha value is -0.920. The van der Waals surface area contributed by atoms with Crippen molar-refractivity contribution >= 4 is 23.2 Å². The second-order valence-corrected chi connectivity index (χ2v) is 3.37. The van der Waals surface area contributed by atoms with Gasteiger partial charge in [0, 0.05) is 13.1 Å². The summed E-state index contributed by atoms with van der Waals surface area (Å²) in [5.74, 6) is -0.153. The summed E-state index contributed by atoms with van der Waals surface area (Å²) in [6.45, 7) is 3.24. The van der Waals surface area contributed by atoms with E-state index in [0.717, 1.165) is 13.1 Å². The number of ether oxygens (including phenoxy) is 1. The zero-order chi connectivity index (χ0) is 10.4. The first kappa shape index (κ1) is 11.2. The van der Waals surface area contributed by atoms with Crippen molar-refractivity contribution in [3.63, 3.8) is 0 Å². The predicted octanol–water partition coefficient (Wildman–Crippen LogP) is -1.82. The Labute approximate surface area is 87.7 Å². The number of hydrogen-bond donors (Lipinski definition) is 3. The average Bonchev–Trinajstić information content (AvgIpc) is 2.16. The summed E-state index contributed by atoms with van der Waals surface area (Å²) < 4.78 is 5.15. The van der Waals surface area contributed by atoms with Gasteiger partial charge >= 0.3 is 0 Å². The van der Waals surface area contributed by atoms with Crippen molar-refractivity contribution in [2.24, 2.45) is 5.73 Å². The Morgan fingerprint density at radius 3 is 2.64 bits per heavy atom. The summed E-state index contributed by atoms with van der Waals surface area (Å²) in [7, 11) is 0. The van der Waals surface area contributed by atoms with Crippen LogP contribution < -0.4 is 16.6 Å². The molecule has 1 amide bonds. The molecule has 0 radical (unpaired) electrons. The molecule has 0 atom stereocenters. The van der Waals surface area contributed by atoms with Gasteiger partial charge in [-0.15, -0.1) is 0 Å². The predicted molar refractivity (Wildman–Crippen MR) is 55.3 cm³/mol. The van der Waals surface area contributed by atoms with Crippen LogP contribution in [0.15, 0.2) is 0 Å². The third kappa shape index (κ3) is 4.35. The lowest BCUT2D eigenvalue weighted by Gasteiger charge is -2.25. The molecule has 4 N–H and O–H groups in total. The molecule has 0 saturated carbocycles. The second kappa shape index (κ2) is 5.74. The minimum atomic E-state index is -0.153. The molecule has 1 heterocycles. The molecule has 1 fully saturated rings. The van der Waals surface area contributed by atoms with E-state index in [4.69, 9.17) is 10.5 Å². The number of carbonyl (C=O) groups excluding carboxylic acids is 1. The number of nitrogens with one attached hydrogen (secondary N) is 2. The first-order valence-corrected chi connectivity index (χ1v) is 4.73. The molecular formula is C7H14N4O2S. The van der Waals surface area contributed by atoms with Gasteiger partial charge in [0.1, 0.15) is 0 Å². The van der Waals surface area contributed by atoms with Gasteiger partial charge in [-0.25, -0.2) is 0 Å². The second-order valence-electron chi connectivity index (χ2n) is 2.93. The Bertz CT molecular complexity index is 218. The van der Waals surface area contributed by atoms with Crippen LogP contribution in [0.3, 0.4) is 0 Å². The highest BCUT2D eigenvalue weighted by molar-refractivity contribution is 7.80. The van der Waals surface area contributed by atoms with Crippen molar-refractivity contribution in [2.45, 2.75) is 0 Å². The molecule has 14 heavy (non-hydrogen) atoms. The highest BCUT2D eigenvalue weighted by Crippen LogP contribution is 1.94. The smallest absolute Gasteiger partial charge is 0.252 e. The molecule has 0 bridgehead atoms. The van der Waals surface area contributed by atoms with Crippen molar-refractivity contribution < 1.29 is 9.53 Å². The number of carbonyl (C=O) groups is 1. The van der Waals surface area contributed by atoms with Gasteiger partial charge in [0.15, 0.2) is 5.11 Å². The van der Waals surface area contributed by atoms with E-state index in [2.05, 4.69) is 23.1 Å². The van der Waals surface area contributed by atoms with Crippen molar-refractivity contribution in [1.29, 1.82) is 0 Å². The number of nitrogens with zero attached hydrogens (tertiary/aromatic N) is 1. The lowest BCUT2D eigenvalue weighted by atomic mass is 10.4. The summed E-state index contributed by atoms with van der Waals surface area (Å²) in [5, 5.41) is 0.0559. The molecule has 80 valence electrons. The molecule has 1 aliphatic rings. The van der Waals surface area contributed by atoms with Crippen LogP contribution in [0.5, 0.6) is 0 Å². The van der Waals surface area contributed by atoms with E-state index in [1.807, 2.05) is 4.90 Å². The van der Waals surface area contributed by atoms with Crippen LogP contribution in [0.4, 0.5) is 0 Å². The molecular weight excluding hydrogens is 204 g/mol. The van der Waals surface area contributed by atoms with E-state index in [-0.39, 0.29) is 11.0 Å². The molecule has 0 unspecified atom stereocenters. The number of thiocarbonyl (C=S) groups is 1. The van der Waals surface area contributed by atoms with Gasteiger partial charge in [0.2, 0.25) is 0 Å². The summed E-state index contributed by atoms with van der Waals surface area (Å²) in [6.07, 6.45) is 0. The zero-order valence-electron chi connectivity index (χ0n) is 7.78. The van der Waals surface area contributed by atoms with E-state index in [1.54, 1.807) is 0 Å². The first-order valence-electron chi connectivity index (χ1n) is 4.33. The standard InChI is InChI=1S/C7H14N4O2S/c8-7(14)10-9-6(12)5-11-1-3-13-4-2-11/h1-5H2,(H,9,12)(H3,8,10,14). The Balaban J connectivity index is 2.15. The molecule has 0 aliphatic carbocycles. The number of hydrazine groups is 1. The van der Waals surface area contributed by atoms with Crippen LogP contribution in [0.1, 0.15) is 0 Å². The molecule has 1 saturated heterocycles. The van der Waals surface area contributed by atoms with Gasteiger partial charge in [-0.2, -0.15) is 0 Å². The van der Waals surface area contributed by atoms with E-state index < -0.39 is 0 Å². The van der Waals surface area contributed by atoms with Crippen molar-refractivity contribution in [1.82, 2.24) is 15.8 Å². The summed E-state index contributed by atoms with van der Waals surface area (Å²) in [4.78, 5) is 13.2. The van der Waals surface area contributed by atoms with E-state index in [9.17, 15) is 4.79 Å². The number of amides is 1. The van der Waals surface area contributed by atoms with Crippen molar-refractivity contribution in [3.05, 3.63) is 0 Å². The average molecular weight is 218 g/mol. The molecule has 0 spiro atoms. The summed E-state index contributed by atoms with van der Waals surface area (Å²) >= 11 is 4.54. The van der Waals surface area contributed by atoms with Crippen LogP contribution in [-0.4, -0.2) is 48.8 Å². The maximum Gasteiger partial charge on any atom is 0.252 e. The monoisotopic (exact) mass is 218 g/mol. The Morgan fingerprint density at radius 2 is 2.07 bits per heavy atom. The third-order valence-corrected chi connectivity index (χ3v) is 1.90. The van der Waals surface area contributed by atoms with Gasteiger partial charge in [0.05, 0.1) is 19.8 Å². The van der Waals surface area contributed by atoms with E-state index >= 15 is 0 Å². The fourth-order valence-electron chi connectivity index (χ4n) is 1.13. The number of hydrogen-bond acceptors (Lipinski definition) is 4. The Morgan fingerprint density at radius 1 is 1.43 bits per heavy atom. The zero-order valence-corrected chi connectivity index (χ0v) is 8.60. The van der Waals surface area contributed by atoms with Crippen molar-refractivity contribution in [2.75, 3.05) is 32.8 Å². The topological polar surface area (TPSA) is 79.6 Å². The lowest BCUT2D eigenvalue weighted by molar-refractivity contribution is -0.123. The molecule has 0 aromatic rings. The van der Waals surface area contributed by atoms with Gasteiger partial charge in [-0.1, -0.05) is 0 Å². The van der Waals surface area contributed by atoms with Gasteiger partial charge in [-0.05, 0) is 12.2 Å². The van der Waals surface area contributed by atoms with Crippen LogP contribution in [-0.2, 0) is 9.53 Å². The summed E-state index contributed by atoms with van der Waals surface area (Å²) in [6, 6.07) is 0. The van der Waals surface area contributed by atoms with Gasteiger partial charge in [0.25, 0.3) is 5.91 Å². The lowest BCUT2D eigenvalue weighted by Crippen LogP contribution is -2.49. The third-order valence-electron chi connectivity index (χ3n) is 1.80. The minimum absolute atomic E-state index is 0.0559. The number of morpholine rings is 1. The summed E-state index contributed by atoms with van der Waals surface area (Å²) in [5.41, 5.74) is 9.92. The quantitative estimate of drug-likeness (QED) is 0.374. The SMILES string of the molecule is NC(=S)NNC(=O)CN1CCOCC1. The number of nitrogens with two attached hydrogens (primary N) is 1. The van der Waals surface area contributed by atoms with E-state index in [1.165, 1.54) is 0 Å². The van der Waals surface area contributed by atoms with Crippen LogP contribution in [0.25, 0.3) is 0 Å². The normalized spacial score (nSPS) is 17.4. The highest BCUT2D eigenvalue weighted by atomic mass is 32.1. The van der Waals surface area contributed by atoms with Gasteiger partial charge in [-0.3, -0.25) is 20.5 Å². The molecule has 6 nitrogen and oxygen atoms in total. The van der Waals surface area contributed by atoms with Crippen LogP contribution in [0, 0.1) is 0 Å². The maximum absolute atomic E-state index is 11.2. The molecule has 1 aliphatic heterocycles. The maximum atomic E-state index is 11.2. The van der Waals surface area contributed by atoms with E-state index in [0.29, 0.717) is 19.8 Å². The fraction of sp³-hybridized carbons (Fsp3) is 0.714. The molecule has 0 aromatic carbocycles. The molecule has 7 heteroatoms. The molecule has 0 aromatic heterocycles. The largest absolute Gasteiger partial charge is 0.379 e. The fourth-order valence-corrected chi connectivity index (χ4v) is 1.18.